The number of rotatable bonds is 5. The minimum atomic E-state index is -1.05. The SMILES string of the molecule is CC1=NN(c2ccc3c(c2)C(C)(C)CC3(C)C)C(=O)/C1=N\Nc1cc(C)cc(-c2cccc(C(=O)O)c2)c1O. The van der Waals surface area contributed by atoms with Gasteiger partial charge in [0, 0.05) is 5.56 Å². The minimum absolute atomic E-state index is 0.0146. The molecule has 0 unspecified atom stereocenters. The number of fused-ring (bicyclic) bond motifs is 1. The molecule has 0 radical (unpaired) electrons. The molecule has 0 spiro atoms. The van der Waals surface area contributed by atoms with Crippen molar-refractivity contribution < 1.29 is 19.8 Å². The van der Waals surface area contributed by atoms with Gasteiger partial charge in [0.1, 0.15) is 5.75 Å². The first-order valence-corrected chi connectivity index (χ1v) is 12.8. The van der Waals surface area contributed by atoms with Crippen LogP contribution in [0.4, 0.5) is 11.4 Å². The Morgan fingerprint density at radius 2 is 1.72 bits per heavy atom. The number of amides is 1. The minimum Gasteiger partial charge on any atom is -0.505 e. The Bertz CT molecular complexity index is 1600. The third kappa shape index (κ3) is 4.56. The molecule has 0 atom stereocenters. The summed E-state index contributed by atoms with van der Waals surface area (Å²) in [6, 6.07) is 15.9. The highest BCUT2D eigenvalue weighted by Crippen LogP contribution is 2.50. The first kappa shape index (κ1) is 26.2. The summed E-state index contributed by atoms with van der Waals surface area (Å²) in [5.74, 6) is -1.52. The molecule has 0 aromatic heterocycles. The molecule has 8 heteroatoms. The number of aromatic carboxylic acids is 1. The lowest BCUT2D eigenvalue weighted by atomic mass is 9.82. The van der Waals surface area contributed by atoms with Gasteiger partial charge in [0.15, 0.2) is 5.71 Å². The number of anilines is 2. The topological polar surface area (TPSA) is 115 Å². The van der Waals surface area contributed by atoms with E-state index in [-0.39, 0.29) is 33.8 Å². The molecular formula is C31H32N4O4. The van der Waals surface area contributed by atoms with E-state index in [0.29, 0.717) is 28.2 Å². The van der Waals surface area contributed by atoms with Crippen molar-refractivity contribution in [2.24, 2.45) is 10.2 Å². The molecule has 2 aliphatic rings. The van der Waals surface area contributed by atoms with Gasteiger partial charge in [-0.3, -0.25) is 10.2 Å². The van der Waals surface area contributed by atoms with Gasteiger partial charge >= 0.3 is 11.9 Å². The highest BCUT2D eigenvalue weighted by Gasteiger charge is 2.42. The fraction of sp³-hybridized carbons (Fsp3) is 0.290. The molecule has 1 aliphatic heterocycles. The number of nitrogens with zero attached hydrogens (tertiary/aromatic N) is 3. The standard InChI is InChI=1S/C31H32N4O4/c1-17-12-22(19-8-7-9-20(14-19)29(38)39)27(36)25(13-17)32-33-26-18(2)34-35(28(26)37)21-10-11-23-24(15-21)31(5,6)16-30(23,3)4/h7-15,32,36H,16H2,1-6H3,(H,38,39)/b33-26-. The van der Waals surface area contributed by atoms with E-state index in [1.54, 1.807) is 31.2 Å². The summed E-state index contributed by atoms with van der Waals surface area (Å²) >= 11 is 0. The van der Waals surface area contributed by atoms with Crippen LogP contribution in [0.15, 0.2) is 64.8 Å². The zero-order valence-corrected chi connectivity index (χ0v) is 23.0. The first-order valence-electron chi connectivity index (χ1n) is 12.8. The van der Waals surface area contributed by atoms with Crippen molar-refractivity contribution in [1.29, 1.82) is 0 Å². The van der Waals surface area contributed by atoms with Gasteiger partial charge in [0.2, 0.25) is 0 Å². The maximum atomic E-state index is 13.4. The number of phenolic OH excluding ortho intramolecular Hbond substituents is 1. The summed E-state index contributed by atoms with van der Waals surface area (Å²) in [5.41, 5.74) is 8.91. The normalized spacial score (nSPS) is 18.3. The van der Waals surface area contributed by atoms with Crippen LogP contribution >= 0.6 is 0 Å². The highest BCUT2D eigenvalue weighted by atomic mass is 16.4. The summed E-state index contributed by atoms with van der Waals surface area (Å²) < 4.78 is 0. The Kier molecular flexibility index (Phi) is 6.09. The Hall–Kier alpha value is -4.46. The summed E-state index contributed by atoms with van der Waals surface area (Å²) in [7, 11) is 0. The van der Waals surface area contributed by atoms with E-state index in [4.69, 9.17) is 0 Å². The predicted octanol–water partition coefficient (Wildman–Crippen LogP) is 6.22. The predicted molar refractivity (Wildman–Crippen MR) is 154 cm³/mol. The Balaban J connectivity index is 1.44. The lowest BCUT2D eigenvalue weighted by molar-refractivity contribution is -0.112. The van der Waals surface area contributed by atoms with Gasteiger partial charge in [-0.05, 0) is 89.8 Å². The van der Waals surface area contributed by atoms with Crippen LogP contribution in [0.25, 0.3) is 11.1 Å². The van der Waals surface area contributed by atoms with E-state index < -0.39 is 5.97 Å². The molecular weight excluding hydrogens is 492 g/mol. The van der Waals surface area contributed by atoms with E-state index >= 15 is 0 Å². The maximum absolute atomic E-state index is 13.4. The van der Waals surface area contributed by atoms with Crippen LogP contribution in [0.1, 0.15) is 68.1 Å². The molecule has 3 aromatic rings. The van der Waals surface area contributed by atoms with E-state index in [0.717, 1.165) is 12.0 Å². The molecule has 8 nitrogen and oxygen atoms in total. The number of carboxylic acid groups (broad SMARTS) is 1. The lowest BCUT2D eigenvalue weighted by Crippen LogP contribution is -2.28. The molecule has 39 heavy (non-hydrogen) atoms. The molecule has 1 aliphatic carbocycles. The molecule has 0 saturated carbocycles. The van der Waals surface area contributed by atoms with Gasteiger partial charge in [-0.25, -0.2) is 4.79 Å². The summed E-state index contributed by atoms with van der Waals surface area (Å²) in [6.07, 6.45) is 1.02. The van der Waals surface area contributed by atoms with Gasteiger partial charge in [-0.15, -0.1) is 0 Å². The number of hydrazone groups is 2. The van der Waals surface area contributed by atoms with E-state index in [2.05, 4.69) is 55.5 Å². The molecule has 0 saturated heterocycles. The van der Waals surface area contributed by atoms with Crippen molar-refractivity contribution in [1.82, 2.24) is 0 Å². The average Bonchev–Trinajstić information content (AvgIpc) is 3.26. The zero-order chi connectivity index (χ0) is 28.3. The van der Waals surface area contributed by atoms with Crippen LogP contribution in [-0.4, -0.2) is 33.5 Å². The van der Waals surface area contributed by atoms with Gasteiger partial charge in [-0.1, -0.05) is 45.9 Å². The van der Waals surface area contributed by atoms with Crippen LogP contribution in [0, 0.1) is 6.92 Å². The zero-order valence-electron chi connectivity index (χ0n) is 23.0. The fourth-order valence-electron chi connectivity index (χ4n) is 5.93. The molecule has 0 fully saturated rings. The molecule has 5 rings (SSSR count). The number of benzene rings is 3. The molecule has 1 heterocycles. The summed E-state index contributed by atoms with van der Waals surface area (Å²) in [6.45, 7) is 12.5. The van der Waals surface area contributed by atoms with E-state index in [1.807, 2.05) is 13.0 Å². The number of hydrogen-bond donors (Lipinski definition) is 3. The smallest absolute Gasteiger partial charge is 0.335 e. The van der Waals surface area contributed by atoms with Crippen molar-refractivity contribution in [3.05, 3.63) is 76.9 Å². The first-order chi connectivity index (χ1) is 18.3. The molecule has 200 valence electrons. The van der Waals surface area contributed by atoms with Gasteiger partial charge in [0.25, 0.3) is 0 Å². The largest absolute Gasteiger partial charge is 0.505 e. The second-order valence-electron chi connectivity index (χ2n) is 11.6. The average molecular weight is 525 g/mol. The Labute approximate surface area is 227 Å². The second-order valence-corrected chi connectivity index (χ2v) is 11.6. The fourth-order valence-corrected chi connectivity index (χ4v) is 5.93. The number of hydrogen-bond acceptors (Lipinski definition) is 6. The third-order valence-corrected chi connectivity index (χ3v) is 7.54. The molecule has 0 bridgehead atoms. The quantitative estimate of drug-likeness (QED) is 0.271. The van der Waals surface area contributed by atoms with Crippen LogP contribution in [0.2, 0.25) is 0 Å². The van der Waals surface area contributed by atoms with Crippen LogP contribution < -0.4 is 10.4 Å². The van der Waals surface area contributed by atoms with Crippen molar-refractivity contribution in [2.45, 2.75) is 58.8 Å². The number of nitrogens with one attached hydrogen (secondary N) is 1. The lowest BCUT2D eigenvalue weighted by Gasteiger charge is -2.22. The van der Waals surface area contributed by atoms with Crippen LogP contribution in [0.5, 0.6) is 5.75 Å². The monoisotopic (exact) mass is 524 g/mol. The number of carboxylic acids is 1. The second kappa shape index (κ2) is 9.08. The Morgan fingerprint density at radius 1 is 1.00 bits per heavy atom. The van der Waals surface area contributed by atoms with E-state index in [1.165, 1.54) is 28.3 Å². The van der Waals surface area contributed by atoms with Crippen molar-refractivity contribution in [3.8, 4) is 16.9 Å². The molecule has 1 amide bonds. The van der Waals surface area contributed by atoms with Crippen LogP contribution in [0.3, 0.4) is 0 Å². The van der Waals surface area contributed by atoms with E-state index in [9.17, 15) is 19.8 Å². The summed E-state index contributed by atoms with van der Waals surface area (Å²) in [4.78, 5) is 24.8. The highest BCUT2D eigenvalue weighted by molar-refractivity contribution is 6.71. The van der Waals surface area contributed by atoms with Crippen molar-refractivity contribution >= 4 is 34.7 Å². The number of phenols is 1. The van der Waals surface area contributed by atoms with Gasteiger partial charge in [-0.2, -0.15) is 15.2 Å². The van der Waals surface area contributed by atoms with Gasteiger partial charge < -0.3 is 10.2 Å². The van der Waals surface area contributed by atoms with Crippen molar-refractivity contribution in [3.63, 3.8) is 0 Å². The maximum Gasteiger partial charge on any atom is 0.335 e. The number of carbonyl (C=O) groups excluding carboxylic acids is 1. The molecule has 3 N–H and O–H groups in total. The van der Waals surface area contributed by atoms with Crippen LogP contribution in [-0.2, 0) is 15.6 Å². The van der Waals surface area contributed by atoms with Gasteiger partial charge in [0.05, 0.1) is 22.6 Å². The number of carbonyl (C=O) groups is 2. The Morgan fingerprint density at radius 3 is 2.44 bits per heavy atom. The van der Waals surface area contributed by atoms with Crippen molar-refractivity contribution in [2.75, 3.05) is 10.4 Å². The number of aromatic hydroxyl groups is 1. The number of aryl methyl sites for hydroxylation is 1. The molecule has 3 aromatic carbocycles. The summed E-state index contributed by atoms with van der Waals surface area (Å²) in [5, 5.41) is 30.5. The third-order valence-electron chi connectivity index (χ3n) is 7.54.